The lowest BCUT2D eigenvalue weighted by atomic mass is 10.0. The highest BCUT2D eigenvalue weighted by molar-refractivity contribution is 6.31. The first-order valence-electron chi connectivity index (χ1n) is 12.1. The van der Waals surface area contributed by atoms with E-state index < -0.39 is 0 Å². The van der Waals surface area contributed by atoms with Crippen molar-refractivity contribution in [3.05, 3.63) is 107 Å². The van der Waals surface area contributed by atoms with Crippen molar-refractivity contribution in [2.75, 3.05) is 39.3 Å². The number of hydrogen-bond acceptors (Lipinski definition) is 3. The highest BCUT2D eigenvalue weighted by Gasteiger charge is 2.18. The summed E-state index contributed by atoms with van der Waals surface area (Å²) in [6, 6.07) is 26.1. The Kier molecular flexibility index (Phi) is 8.96. The summed E-state index contributed by atoms with van der Waals surface area (Å²) in [6.45, 7) is 10.4. The van der Waals surface area contributed by atoms with E-state index in [2.05, 4.69) is 52.4 Å². The van der Waals surface area contributed by atoms with Crippen LogP contribution in [0.4, 0.5) is 4.79 Å². The molecule has 1 aliphatic rings. The zero-order valence-electron chi connectivity index (χ0n) is 20.1. The van der Waals surface area contributed by atoms with Crippen LogP contribution in [0, 0.1) is 0 Å². The Balaban J connectivity index is 1.47. The number of carbonyl (C=O) groups excluding carboxylic acids is 1. The van der Waals surface area contributed by atoms with E-state index in [9.17, 15) is 4.79 Å². The quantitative estimate of drug-likeness (QED) is 0.408. The van der Waals surface area contributed by atoms with E-state index in [0.717, 1.165) is 60.6 Å². The van der Waals surface area contributed by atoms with E-state index in [0.29, 0.717) is 24.7 Å². The zero-order chi connectivity index (χ0) is 24.5. The van der Waals surface area contributed by atoms with Crippen molar-refractivity contribution >= 4 is 17.6 Å². The highest BCUT2D eigenvalue weighted by Crippen LogP contribution is 2.21. The predicted octanol–water partition coefficient (Wildman–Crippen LogP) is 5.18. The zero-order valence-corrected chi connectivity index (χ0v) is 20.8. The van der Waals surface area contributed by atoms with Crippen molar-refractivity contribution < 1.29 is 4.79 Å². The second kappa shape index (κ2) is 12.5. The molecule has 0 aliphatic carbocycles. The fourth-order valence-corrected chi connectivity index (χ4v) is 4.53. The molecule has 0 atom stereocenters. The number of urea groups is 1. The van der Waals surface area contributed by atoms with Gasteiger partial charge in [-0.15, -0.1) is 0 Å². The van der Waals surface area contributed by atoms with Gasteiger partial charge in [0.15, 0.2) is 0 Å². The minimum atomic E-state index is -0.128. The van der Waals surface area contributed by atoms with Gasteiger partial charge in [-0.3, -0.25) is 4.90 Å². The average Bonchev–Trinajstić information content (AvgIpc) is 2.89. The van der Waals surface area contributed by atoms with Gasteiger partial charge in [-0.05, 0) is 40.0 Å². The summed E-state index contributed by atoms with van der Waals surface area (Å²) >= 11 is 6.30. The summed E-state index contributed by atoms with van der Waals surface area (Å²) in [5.41, 5.74) is 5.30. The molecule has 0 spiro atoms. The molecule has 4 rings (SSSR count). The normalized spacial score (nSPS) is 13.9. The molecule has 5 nitrogen and oxygen atoms in total. The van der Waals surface area contributed by atoms with Crippen LogP contribution in [0.25, 0.3) is 11.1 Å². The molecule has 0 unspecified atom stereocenters. The van der Waals surface area contributed by atoms with Crippen LogP contribution >= 0.6 is 11.6 Å². The molecule has 1 heterocycles. The summed E-state index contributed by atoms with van der Waals surface area (Å²) < 4.78 is 0. The first kappa shape index (κ1) is 25.0. The lowest BCUT2D eigenvalue weighted by molar-refractivity contribution is 0.196. The maximum atomic E-state index is 13.3. The standard InChI is InChI=1S/C29H33ClN4O/c1-23(20-33-16-14-31-15-17-33)21-34(29(35)32-19-27-11-5-6-13-28(27)30)22-24-8-7-12-26(18-24)25-9-3-2-4-10-25/h2-13,18,31H,1,14-17,19-22H2,(H,32,35). The van der Waals surface area contributed by atoms with Crippen LogP contribution < -0.4 is 10.6 Å². The summed E-state index contributed by atoms with van der Waals surface area (Å²) in [5, 5.41) is 7.08. The van der Waals surface area contributed by atoms with Gasteiger partial charge in [0.1, 0.15) is 0 Å². The third-order valence-electron chi connectivity index (χ3n) is 6.15. The molecule has 1 fully saturated rings. The SMILES string of the molecule is C=C(CN1CCNCC1)CN(Cc1cccc(-c2ccccc2)c1)C(=O)NCc1ccccc1Cl. The molecule has 182 valence electrons. The molecule has 0 radical (unpaired) electrons. The van der Waals surface area contributed by atoms with E-state index >= 15 is 0 Å². The van der Waals surface area contributed by atoms with Crippen LogP contribution in [-0.4, -0.2) is 55.1 Å². The molecular weight excluding hydrogens is 456 g/mol. The van der Waals surface area contributed by atoms with Crippen molar-refractivity contribution in [3.63, 3.8) is 0 Å². The Hall–Kier alpha value is -3.12. The Bertz CT molecular complexity index is 1130. The summed E-state index contributed by atoms with van der Waals surface area (Å²) in [4.78, 5) is 17.5. The number of halogens is 1. The van der Waals surface area contributed by atoms with Gasteiger partial charge in [-0.25, -0.2) is 4.79 Å². The van der Waals surface area contributed by atoms with E-state index in [-0.39, 0.29) is 6.03 Å². The molecule has 1 aliphatic heterocycles. The summed E-state index contributed by atoms with van der Waals surface area (Å²) in [6.07, 6.45) is 0. The van der Waals surface area contributed by atoms with Gasteiger partial charge in [0, 0.05) is 57.4 Å². The third kappa shape index (κ3) is 7.43. The smallest absolute Gasteiger partial charge is 0.318 e. The molecule has 0 aromatic heterocycles. The predicted molar refractivity (Wildman–Crippen MR) is 144 cm³/mol. The molecule has 3 aromatic carbocycles. The number of benzene rings is 3. The van der Waals surface area contributed by atoms with Gasteiger partial charge in [0.05, 0.1) is 0 Å². The Morgan fingerprint density at radius 1 is 0.971 bits per heavy atom. The molecule has 6 heteroatoms. The number of nitrogens with one attached hydrogen (secondary N) is 2. The second-order valence-corrected chi connectivity index (χ2v) is 9.36. The lowest BCUT2D eigenvalue weighted by Gasteiger charge is -2.30. The molecule has 2 N–H and O–H groups in total. The number of piperazine rings is 1. The van der Waals surface area contributed by atoms with E-state index in [4.69, 9.17) is 11.6 Å². The van der Waals surface area contributed by atoms with Gasteiger partial charge in [-0.1, -0.05) is 84.9 Å². The molecule has 0 bridgehead atoms. The molecule has 2 amide bonds. The highest BCUT2D eigenvalue weighted by atomic mass is 35.5. The van der Waals surface area contributed by atoms with Crippen LogP contribution in [0.5, 0.6) is 0 Å². The van der Waals surface area contributed by atoms with Crippen LogP contribution in [0.2, 0.25) is 5.02 Å². The van der Waals surface area contributed by atoms with E-state index in [1.165, 1.54) is 0 Å². The molecule has 1 saturated heterocycles. The van der Waals surface area contributed by atoms with Crippen molar-refractivity contribution in [2.45, 2.75) is 13.1 Å². The van der Waals surface area contributed by atoms with Gasteiger partial charge in [0.2, 0.25) is 0 Å². The van der Waals surface area contributed by atoms with Gasteiger partial charge in [-0.2, -0.15) is 0 Å². The fourth-order valence-electron chi connectivity index (χ4n) is 4.33. The van der Waals surface area contributed by atoms with Crippen LogP contribution in [0.3, 0.4) is 0 Å². The summed E-state index contributed by atoms with van der Waals surface area (Å²) in [5.74, 6) is 0. The minimum absolute atomic E-state index is 0.128. The maximum Gasteiger partial charge on any atom is 0.318 e. The van der Waals surface area contributed by atoms with Crippen molar-refractivity contribution in [1.82, 2.24) is 20.4 Å². The Labute approximate surface area is 213 Å². The number of carbonyl (C=O) groups is 1. The van der Waals surface area contributed by atoms with Gasteiger partial charge >= 0.3 is 6.03 Å². The van der Waals surface area contributed by atoms with Crippen molar-refractivity contribution in [2.24, 2.45) is 0 Å². The van der Waals surface area contributed by atoms with Crippen LogP contribution in [0.15, 0.2) is 91.0 Å². The van der Waals surface area contributed by atoms with Crippen LogP contribution in [0.1, 0.15) is 11.1 Å². The van der Waals surface area contributed by atoms with Gasteiger partial charge < -0.3 is 15.5 Å². The first-order chi connectivity index (χ1) is 17.1. The fraction of sp³-hybridized carbons (Fsp3) is 0.276. The Morgan fingerprint density at radius 2 is 1.69 bits per heavy atom. The van der Waals surface area contributed by atoms with E-state index in [1.807, 2.05) is 53.4 Å². The number of rotatable bonds is 9. The van der Waals surface area contributed by atoms with Gasteiger partial charge in [0.25, 0.3) is 0 Å². The van der Waals surface area contributed by atoms with Crippen molar-refractivity contribution in [3.8, 4) is 11.1 Å². The first-order valence-corrected chi connectivity index (χ1v) is 12.5. The average molecular weight is 489 g/mol. The Morgan fingerprint density at radius 3 is 2.46 bits per heavy atom. The molecule has 35 heavy (non-hydrogen) atoms. The largest absolute Gasteiger partial charge is 0.334 e. The van der Waals surface area contributed by atoms with Crippen LogP contribution in [-0.2, 0) is 13.1 Å². The van der Waals surface area contributed by atoms with E-state index in [1.54, 1.807) is 0 Å². The molecule has 3 aromatic rings. The third-order valence-corrected chi connectivity index (χ3v) is 6.52. The summed E-state index contributed by atoms with van der Waals surface area (Å²) in [7, 11) is 0. The molecule has 0 saturated carbocycles. The maximum absolute atomic E-state index is 13.3. The second-order valence-electron chi connectivity index (χ2n) is 8.95. The number of hydrogen-bond donors (Lipinski definition) is 2. The minimum Gasteiger partial charge on any atom is -0.334 e. The van der Waals surface area contributed by atoms with Crippen molar-refractivity contribution in [1.29, 1.82) is 0 Å². The number of amides is 2. The number of nitrogens with zero attached hydrogens (tertiary/aromatic N) is 2. The monoisotopic (exact) mass is 488 g/mol. The molecular formula is C29H33ClN4O. The lowest BCUT2D eigenvalue weighted by Crippen LogP contribution is -2.45. The topological polar surface area (TPSA) is 47.6 Å².